The Hall–Kier alpha value is -0.258. The zero-order chi connectivity index (χ0) is 14.9. The molecule has 0 aromatic carbocycles. The lowest BCUT2D eigenvalue weighted by molar-refractivity contribution is -0.137. The van der Waals surface area contributed by atoms with Crippen LogP contribution in [-0.2, 0) is 4.79 Å². The van der Waals surface area contributed by atoms with Crippen LogP contribution in [-0.4, -0.2) is 28.4 Å². The van der Waals surface area contributed by atoms with Gasteiger partial charge < -0.3 is 5.11 Å². The predicted molar refractivity (Wildman–Crippen MR) is 97.0 cm³/mol. The topological polar surface area (TPSA) is 37.3 Å². The summed E-state index contributed by atoms with van der Waals surface area (Å²) < 4.78 is 0. The van der Waals surface area contributed by atoms with Gasteiger partial charge in [-0.1, -0.05) is 70.4 Å². The molecule has 0 aromatic rings. The maximum Gasteiger partial charge on any atom is 0.303 e. The molecule has 0 atom stereocenters. The van der Waals surface area contributed by atoms with E-state index in [2.05, 4.69) is 19.1 Å². The van der Waals surface area contributed by atoms with Crippen LogP contribution in [0.15, 0.2) is 12.2 Å². The van der Waals surface area contributed by atoms with Crippen molar-refractivity contribution in [2.45, 2.75) is 96.8 Å². The SMILES string of the molecule is CCCCCCCC/C=C/CCCCCCCC(=O)O.[AlH3]. The van der Waals surface area contributed by atoms with Crippen molar-refractivity contribution in [1.29, 1.82) is 0 Å². The smallest absolute Gasteiger partial charge is 0.303 e. The molecule has 21 heavy (non-hydrogen) atoms. The molecule has 0 aromatic heterocycles. The average Bonchev–Trinajstić information content (AvgIpc) is 2.43. The summed E-state index contributed by atoms with van der Waals surface area (Å²) in [5.41, 5.74) is 0. The van der Waals surface area contributed by atoms with Gasteiger partial charge in [-0.3, -0.25) is 4.79 Å². The van der Waals surface area contributed by atoms with Gasteiger partial charge >= 0.3 is 5.97 Å². The quantitative estimate of drug-likeness (QED) is 0.265. The van der Waals surface area contributed by atoms with Gasteiger partial charge in [0.15, 0.2) is 17.4 Å². The highest BCUT2D eigenvalue weighted by Crippen LogP contribution is 2.09. The molecule has 0 bridgehead atoms. The van der Waals surface area contributed by atoms with E-state index in [0.717, 1.165) is 12.8 Å². The Morgan fingerprint density at radius 2 is 1.19 bits per heavy atom. The molecule has 0 fully saturated rings. The van der Waals surface area contributed by atoms with E-state index >= 15 is 0 Å². The number of unbranched alkanes of at least 4 members (excludes halogenated alkanes) is 11. The van der Waals surface area contributed by atoms with Crippen molar-refractivity contribution in [1.82, 2.24) is 0 Å². The van der Waals surface area contributed by atoms with Crippen LogP contribution < -0.4 is 0 Å². The number of allylic oxidation sites excluding steroid dienone is 2. The number of hydrogen-bond acceptors (Lipinski definition) is 1. The van der Waals surface area contributed by atoms with Gasteiger partial charge in [-0.25, -0.2) is 0 Å². The Balaban J connectivity index is 0. The highest BCUT2D eigenvalue weighted by Gasteiger charge is 1.95. The number of rotatable bonds is 15. The molecule has 0 unspecified atom stereocenters. The maximum atomic E-state index is 10.3. The molecule has 2 nitrogen and oxygen atoms in total. The number of aliphatic carboxylic acids is 1. The Bertz CT molecular complexity index is 239. The van der Waals surface area contributed by atoms with E-state index in [4.69, 9.17) is 5.11 Å². The van der Waals surface area contributed by atoms with Gasteiger partial charge in [0.1, 0.15) is 0 Å². The van der Waals surface area contributed by atoms with E-state index in [1.165, 1.54) is 70.6 Å². The fourth-order valence-corrected chi connectivity index (χ4v) is 2.35. The predicted octanol–water partition coefficient (Wildman–Crippen LogP) is 4.92. The molecular formula is C18H37AlO2. The van der Waals surface area contributed by atoms with Crippen LogP contribution in [0.1, 0.15) is 96.8 Å². The van der Waals surface area contributed by atoms with Crippen molar-refractivity contribution < 1.29 is 9.90 Å². The van der Waals surface area contributed by atoms with Gasteiger partial charge in [0.2, 0.25) is 0 Å². The molecule has 0 aliphatic rings. The number of carboxylic acids is 1. The Labute approximate surface area is 142 Å². The van der Waals surface area contributed by atoms with Gasteiger partial charge in [-0.15, -0.1) is 0 Å². The largest absolute Gasteiger partial charge is 0.481 e. The summed E-state index contributed by atoms with van der Waals surface area (Å²) in [6.07, 6.45) is 21.2. The fraction of sp³-hybridized carbons (Fsp3) is 0.833. The molecule has 0 radical (unpaired) electrons. The zero-order valence-electron chi connectivity index (χ0n) is 13.4. The van der Waals surface area contributed by atoms with Crippen LogP contribution in [0.25, 0.3) is 0 Å². The van der Waals surface area contributed by atoms with Crippen LogP contribution in [0.3, 0.4) is 0 Å². The van der Waals surface area contributed by atoms with Gasteiger partial charge in [0, 0.05) is 6.42 Å². The second-order valence-electron chi connectivity index (χ2n) is 5.73. The second kappa shape index (κ2) is 19.7. The van der Waals surface area contributed by atoms with Crippen LogP contribution in [0.4, 0.5) is 0 Å². The monoisotopic (exact) mass is 312 g/mol. The van der Waals surface area contributed by atoms with Crippen molar-refractivity contribution >= 4 is 23.3 Å². The lowest BCUT2D eigenvalue weighted by Crippen LogP contribution is -1.93. The van der Waals surface area contributed by atoms with Gasteiger partial charge in [-0.2, -0.15) is 0 Å². The van der Waals surface area contributed by atoms with Crippen molar-refractivity contribution in [3.63, 3.8) is 0 Å². The molecule has 0 saturated heterocycles. The first kappa shape index (κ1) is 23.0. The maximum absolute atomic E-state index is 10.3. The second-order valence-corrected chi connectivity index (χ2v) is 5.73. The van der Waals surface area contributed by atoms with Crippen molar-refractivity contribution in [2.75, 3.05) is 0 Å². The normalized spacial score (nSPS) is 10.7. The first-order valence-electron chi connectivity index (χ1n) is 8.64. The summed E-state index contributed by atoms with van der Waals surface area (Å²) in [7, 11) is 0. The number of carbonyl (C=O) groups is 1. The average molecular weight is 312 g/mol. The zero-order valence-corrected chi connectivity index (χ0v) is 13.4. The summed E-state index contributed by atoms with van der Waals surface area (Å²) in [5.74, 6) is -0.664. The minimum Gasteiger partial charge on any atom is -0.481 e. The van der Waals surface area contributed by atoms with E-state index < -0.39 is 5.97 Å². The number of hydrogen-bond donors (Lipinski definition) is 1. The van der Waals surface area contributed by atoms with Gasteiger partial charge in [0.05, 0.1) is 0 Å². The molecule has 124 valence electrons. The lowest BCUT2D eigenvalue weighted by Gasteiger charge is -1.99. The molecule has 0 aliphatic carbocycles. The molecule has 0 rings (SSSR count). The summed E-state index contributed by atoms with van der Waals surface area (Å²) in [6.45, 7) is 2.26. The highest BCUT2D eigenvalue weighted by molar-refractivity contribution is 5.75. The van der Waals surface area contributed by atoms with Crippen LogP contribution in [0.2, 0.25) is 0 Å². The molecule has 0 spiro atoms. The van der Waals surface area contributed by atoms with E-state index in [9.17, 15) is 4.79 Å². The van der Waals surface area contributed by atoms with Crippen LogP contribution >= 0.6 is 0 Å². The first-order valence-corrected chi connectivity index (χ1v) is 8.64. The summed E-state index contributed by atoms with van der Waals surface area (Å²) in [6, 6.07) is 0. The van der Waals surface area contributed by atoms with Gasteiger partial charge in [0.25, 0.3) is 0 Å². The molecule has 0 saturated carbocycles. The standard InChI is InChI=1S/C18H34O2.Al.3H/c1-2-3-4-5-6-7-8-9-10-11-12-13-14-15-16-17-18(19)20;;;;/h9-10H,2-8,11-17H2,1H3,(H,19,20);;;;/b10-9+;;;;. The van der Waals surface area contributed by atoms with Crippen molar-refractivity contribution in [2.24, 2.45) is 0 Å². The Kier molecular flexibility index (Phi) is 21.6. The fourth-order valence-electron chi connectivity index (χ4n) is 2.35. The summed E-state index contributed by atoms with van der Waals surface area (Å²) in [4.78, 5) is 10.3. The molecular weight excluding hydrogens is 275 g/mol. The third-order valence-electron chi connectivity index (χ3n) is 3.65. The van der Waals surface area contributed by atoms with E-state index in [0.29, 0.717) is 6.42 Å². The summed E-state index contributed by atoms with van der Waals surface area (Å²) in [5, 5.41) is 8.51. The van der Waals surface area contributed by atoms with E-state index in [1.807, 2.05) is 0 Å². The molecule has 3 heteroatoms. The number of carboxylic acid groups (broad SMARTS) is 1. The molecule has 0 aliphatic heterocycles. The first-order chi connectivity index (χ1) is 9.77. The minimum absolute atomic E-state index is 0. The van der Waals surface area contributed by atoms with Crippen molar-refractivity contribution in [3.8, 4) is 0 Å². The van der Waals surface area contributed by atoms with Crippen LogP contribution in [0.5, 0.6) is 0 Å². The lowest BCUT2D eigenvalue weighted by atomic mass is 10.1. The third kappa shape index (κ3) is 22.2. The highest BCUT2D eigenvalue weighted by atomic mass is 27.0. The molecule has 1 N–H and O–H groups in total. The third-order valence-corrected chi connectivity index (χ3v) is 3.65. The molecule has 0 amide bonds. The van der Waals surface area contributed by atoms with Crippen LogP contribution in [0, 0.1) is 0 Å². The van der Waals surface area contributed by atoms with E-state index in [-0.39, 0.29) is 17.4 Å². The Morgan fingerprint density at radius 1 is 0.762 bits per heavy atom. The van der Waals surface area contributed by atoms with Gasteiger partial charge in [-0.05, 0) is 32.1 Å². The molecule has 0 heterocycles. The Morgan fingerprint density at radius 3 is 1.67 bits per heavy atom. The summed E-state index contributed by atoms with van der Waals surface area (Å²) >= 11 is 0. The van der Waals surface area contributed by atoms with Crippen molar-refractivity contribution in [3.05, 3.63) is 12.2 Å². The minimum atomic E-state index is -0.664. The van der Waals surface area contributed by atoms with E-state index in [1.54, 1.807) is 0 Å².